The summed E-state index contributed by atoms with van der Waals surface area (Å²) in [6.07, 6.45) is 1.66. The fourth-order valence-electron chi connectivity index (χ4n) is 4.78. The lowest BCUT2D eigenvalue weighted by Gasteiger charge is -2.38. The molecule has 0 radical (unpaired) electrons. The van der Waals surface area contributed by atoms with Gasteiger partial charge in [0.1, 0.15) is 29.8 Å². The molecule has 0 amide bonds. The number of aliphatic hydroxyl groups is 1. The number of hydrogen-bond acceptors (Lipinski definition) is 5. The number of hydrogen-bond donors (Lipinski definition) is 1. The zero-order valence-corrected chi connectivity index (χ0v) is 20.0. The Bertz CT molecular complexity index is 1230. The van der Waals surface area contributed by atoms with Gasteiger partial charge in [-0.3, -0.25) is 4.90 Å². The molecule has 1 aliphatic rings. The summed E-state index contributed by atoms with van der Waals surface area (Å²) in [6.45, 7) is 6.06. The number of aliphatic hydroxyl groups excluding tert-OH is 1. The number of aryl methyl sites for hydroxylation is 1. The maximum atomic E-state index is 10.7. The monoisotopic (exact) mass is 469 g/mol. The van der Waals surface area contributed by atoms with Crippen LogP contribution in [0.2, 0.25) is 5.02 Å². The molecule has 0 bridgehead atoms. The van der Waals surface area contributed by atoms with Crippen molar-refractivity contribution in [2.75, 3.05) is 19.7 Å². The van der Waals surface area contributed by atoms with E-state index >= 15 is 0 Å². The average Bonchev–Trinajstić information content (AvgIpc) is 3.36. The molecule has 3 atom stereocenters. The Morgan fingerprint density at radius 2 is 2.12 bits per heavy atom. The number of rotatable bonds is 6. The first-order valence-corrected chi connectivity index (χ1v) is 12.4. The Labute approximate surface area is 197 Å². The molecule has 0 unspecified atom stereocenters. The lowest BCUT2D eigenvalue weighted by atomic mass is 9.90. The molecule has 1 saturated heterocycles. The fraction of sp³-hybridized carbons (Fsp3) is 0.385. The number of thiophene rings is 1. The summed E-state index contributed by atoms with van der Waals surface area (Å²) in [7, 11) is 0. The number of likely N-dealkylation sites (tertiary alicyclic amines) is 1. The number of β-amino-alcohol motifs (C(OH)–C–C–N with tert-alkyl or cyclic N) is 1. The second-order valence-electron chi connectivity index (χ2n) is 8.89. The van der Waals surface area contributed by atoms with E-state index in [2.05, 4.69) is 30.0 Å². The number of nitrogens with zero attached hydrogens (tertiary/aromatic N) is 1. The summed E-state index contributed by atoms with van der Waals surface area (Å²) in [5.74, 6) is 2.18. The third-order valence-corrected chi connectivity index (χ3v) is 7.95. The Morgan fingerprint density at radius 3 is 2.97 bits per heavy atom. The standard InChI is InChI=1S/C26H28ClNO3S/c1-16-10-18(26-13-19-12-20(27)6-7-25(19)32-26)8-9-28(16)14-21(29)15-30-23-4-3-5-24-22(23)11-17(2)31-24/h3-7,11-13,16,18,21,29H,8-10,14-15H2,1-2H3/t16-,18+,21+/m1/s1. The van der Waals surface area contributed by atoms with Crippen LogP contribution in [0.3, 0.4) is 0 Å². The van der Waals surface area contributed by atoms with Crippen LogP contribution in [-0.4, -0.2) is 41.8 Å². The first-order valence-electron chi connectivity index (χ1n) is 11.2. The van der Waals surface area contributed by atoms with Gasteiger partial charge in [-0.05, 0) is 87.0 Å². The highest BCUT2D eigenvalue weighted by Gasteiger charge is 2.29. The van der Waals surface area contributed by atoms with Gasteiger partial charge >= 0.3 is 0 Å². The van der Waals surface area contributed by atoms with Gasteiger partial charge in [-0.1, -0.05) is 17.7 Å². The van der Waals surface area contributed by atoms with Crippen molar-refractivity contribution in [1.29, 1.82) is 0 Å². The van der Waals surface area contributed by atoms with Crippen LogP contribution in [0.4, 0.5) is 0 Å². The summed E-state index contributed by atoms with van der Waals surface area (Å²) in [6, 6.07) is 16.6. The first kappa shape index (κ1) is 21.8. The van der Waals surface area contributed by atoms with Gasteiger partial charge in [0.15, 0.2) is 0 Å². The van der Waals surface area contributed by atoms with Gasteiger partial charge in [0.05, 0.1) is 5.39 Å². The molecule has 1 aliphatic heterocycles. The molecule has 2 aromatic heterocycles. The highest BCUT2D eigenvalue weighted by molar-refractivity contribution is 7.19. The molecule has 1 fully saturated rings. The highest BCUT2D eigenvalue weighted by atomic mass is 35.5. The normalized spacial score (nSPS) is 20.8. The van der Waals surface area contributed by atoms with Crippen LogP contribution >= 0.6 is 22.9 Å². The van der Waals surface area contributed by atoms with Crippen LogP contribution in [0.1, 0.15) is 36.3 Å². The maximum absolute atomic E-state index is 10.7. The predicted octanol–water partition coefficient (Wildman–Crippen LogP) is 6.62. The second-order valence-corrected chi connectivity index (χ2v) is 10.4. The number of halogens is 1. The fourth-order valence-corrected chi connectivity index (χ4v) is 6.16. The van der Waals surface area contributed by atoms with Crippen molar-refractivity contribution in [2.24, 2.45) is 0 Å². The molecule has 6 heteroatoms. The lowest BCUT2D eigenvalue weighted by Crippen LogP contribution is -2.45. The molecule has 0 aliphatic carbocycles. The van der Waals surface area contributed by atoms with Gasteiger partial charge in [0.25, 0.3) is 0 Å². The molecular formula is C26H28ClNO3S. The van der Waals surface area contributed by atoms with Crippen molar-refractivity contribution in [3.8, 4) is 5.75 Å². The number of furan rings is 1. The van der Waals surface area contributed by atoms with Crippen molar-refractivity contribution in [2.45, 2.75) is 44.8 Å². The number of benzene rings is 2. The second kappa shape index (κ2) is 9.06. The van der Waals surface area contributed by atoms with Crippen LogP contribution in [0.5, 0.6) is 5.75 Å². The summed E-state index contributed by atoms with van der Waals surface area (Å²) in [5, 5.41) is 13.6. The molecular weight excluding hydrogens is 442 g/mol. The van der Waals surface area contributed by atoms with Crippen LogP contribution in [0.25, 0.3) is 21.1 Å². The number of fused-ring (bicyclic) bond motifs is 2. The van der Waals surface area contributed by atoms with E-state index in [1.807, 2.05) is 48.6 Å². The third-order valence-electron chi connectivity index (χ3n) is 6.43. The van der Waals surface area contributed by atoms with Crippen molar-refractivity contribution in [1.82, 2.24) is 4.90 Å². The quantitative estimate of drug-likeness (QED) is 0.345. The maximum Gasteiger partial charge on any atom is 0.137 e. The van der Waals surface area contributed by atoms with E-state index in [0.717, 1.165) is 46.9 Å². The Kier molecular flexibility index (Phi) is 6.17. The number of piperidine rings is 1. The minimum atomic E-state index is -0.538. The molecule has 168 valence electrons. The third kappa shape index (κ3) is 4.53. The first-order chi connectivity index (χ1) is 15.5. The van der Waals surface area contributed by atoms with Gasteiger partial charge in [0.2, 0.25) is 0 Å². The van der Waals surface area contributed by atoms with E-state index in [1.54, 1.807) is 0 Å². The smallest absolute Gasteiger partial charge is 0.137 e. The highest BCUT2D eigenvalue weighted by Crippen LogP contribution is 2.39. The molecule has 0 saturated carbocycles. The zero-order chi connectivity index (χ0) is 22.2. The Hall–Kier alpha value is -2.05. The van der Waals surface area contributed by atoms with Gasteiger partial charge in [-0.2, -0.15) is 0 Å². The van der Waals surface area contributed by atoms with E-state index in [4.69, 9.17) is 20.8 Å². The van der Waals surface area contributed by atoms with Crippen LogP contribution in [-0.2, 0) is 0 Å². The van der Waals surface area contributed by atoms with Crippen LogP contribution in [0.15, 0.2) is 52.9 Å². The van der Waals surface area contributed by atoms with E-state index in [1.165, 1.54) is 15.0 Å². The predicted molar refractivity (Wildman–Crippen MR) is 132 cm³/mol. The Balaban J connectivity index is 1.17. The van der Waals surface area contributed by atoms with Crippen molar-refractivity contribution >= 4 is 44.0 Å². The van der Waals surface area contributed by atoms with Crippen LogP contribution in [0, 0.1) is 6.92 Å². The van der Waals surface area contributed by atoms with Crippen LogP contribution < -0.4 is 4.74 Å². The minimum Gasteiger partial charge on any atom is -0.490 e. The summed E-state index contributed by atoms with van der Waals surface area (Å²) < 4.78 is 12.9. The van der Waals surface area contributed by atoms with Crippen molar-refractivity contribution < 1.29 is 14.3 Å². The topological polar surface area (TPSA) is 45.8 Å². The summed E-state index contributed by atoms with van der Waals surface area (Å²) in [5.41, 5.74) is 0.814. The SMILES string of the molecule is Cc1cc2c(OC[C@@H](O)CN3CC[C@H](c4cc5cc(Cl)ccc5s4)C[C@H]3C)cccc2o1. The zero-order valence-electron chi connectivity index (χ0n) is 18.4. The molecule has 3 heterocycles. The minimum absolute atomic E-state index is 0.271. The molecule has 4 nitrogen and oxygen atoms in total. The molecule has 32 heavy (non-hydrogen) atoms. The van der Waals surface area contributed by atoms with Gasteiger partial charge in [-0.25, -0.2) is 0 Å². The molecule has 5 rings (SSSR count). The van der Waals surface area contributed by atoms with Crippen molar-refractivity contribution in [3.63, 3.8) is 0 Å². The lowest BCUT2D eigenvalue weighted by molar-refractivity contribution is 0.0408. The summed E-state index contributed by atoms with van der Waals surface area (Å²) in [4.78, 5) is 3.83. The van der Waals surface area contributed by atoms with Gasteiger partial charge in [-0.15, -0.1) is 11.3 Å². The van der Waals surface area contributed by atoms with Gasteiger partial charge < -0.3 is 14.3 Å². The van der Waals surface area contributed by atoms with E-state index in [-0.39, 0.29) is 6.61 Å². The van der Waals surface area contributed by atoms with E-state index in [9.17, 15) is 5.11 Å². The number of ether oxygens (including phenoxy) is 1. The van der Waals surface area contributed by atoms with E-state index in [0.29, 0.717) is 18.5 Å². The van der Waals surface area contributed by atoms with Crippen molar-refractivity contribution in [3.05, 3.63) is 64.2 Å². The molecule has 2 aromatic carbocycles. The largest absolute Gasteiger partial charge is 0.490 e. The molecule has 0 spiro atoms. The molecule has 4 aromatic rings. The Morgan fingerprint density at radius 1 is 1.25 bits per heavy atom. The summed E-state index contributed by atoms with van der Waals surface area (Å²) >= 11 is 8.04. The average molecular weight is 470 g/mol. The van der Waals surface area contributed by atoms with E-state index < -0.39 is 6.10 Å². The molecule has 1 N–H and O–H groups in total. The van der Waals surface area contributed by atoms with Gasteiger partial charge in [0, 0.05) is 27.2 Å².